The van der Waals surface area contributed by atoms with Crippen molar-refractivity contribution >= 4 is 23.4 Å². The van der Waals surface area contributed by atoms with Gasteiger partial charge in [-0.2, -0.15) is 5.26 Å². The molecule has 1 saturated carbocycles. The van der Waals surface area contributed by atoms with Crippen molar-refractivity contribution in [3.63, 3.8) is 0 Å². The van der Waals surface area contributed by atoms with Crippen molar-refractivity contribution in [2.75, 3.05) is 13.2 Å². The van der Waals surface area contributed by atoms with Gasteiger partial charge in [0.1, 0.15) is 36.3 Å². The average molecular weight is 506 g/mol. The molecular formula is C28H28ClN3O4. The van der Waals surface area contributed by atoms with E-state index in [0.29, 0.717) is 41.5 Å². The average Bonchev–Trinajstić information content (AvgIpc) is 3.65. The van der Waals surface area contributed by atoms with E-state index in [-0.39, 0.29) is 18.9 Å². The lowest BCUT2D eigenvalue weighted by Gasteiger charge is -2.23. The second-order valence-electron chi connectivity index (χ2n) is 9.60. The number of carbonyl (C=O) groups is 2. The van der Waals surface area contributed by atoms with E-state index in [9.17, 15) is 14.9 Å². The highest BCUT2D eigenvalue weighted by atomic mass is 35.5. The van der Waals surface area contributed by atoms with Crippen LogP contribution in [0.4, 0.5) is 0 Å². The summed E-state index contributed by atoms with van der Waals surface area (Å²) in [6, 6.07) is 10.4. The topological polar surface area (TPSA) is 100 Å². The van der Waals surface area contributed by atoms with Crippen molar-refractivity contribution < 1.29 is 19.1 Å². The molecule has 2 aromatic rings. The predicted octanol–water partition coefficient (Wildman–Crippen LogP) is 4.06. The van der Waals surface area contributed by atoms with Crippen LogP contribution in [0.1, 0.15) is 52.7 Å². The summed E-state index contributed by atoms with van der Waals surface area (Å²) in [6.45, 7) is 0.588. The molecule has 2 amide bonds. The van der Waals surface area contributed by atoms with Gasteiger partial charge in [0, 0.05) is 6.42 Å². The summed E-state index contributed by atoms with van der Waals surface area (Å²) in [5, 5.41) is 15.6. The minimum absolute atomic E-state index is 0.208. The molecule has 1 fully saturated rings. The second kappa shape index (κ2) is 10.2. The molecule has 0 radical (unpaired) electrons. The summed E-state index contributed by atoms with van der Waals surface area (Å²) >= 11 is 6.42. The molecule has 2 aliphatic heterocycles. The molecule has 0 spiro atoms. The minimum Gasteiger partial charge on any atom is -0.489 e. The summed E-state index contributed by atoms with van der Waals surface area (Å²) in [5.74, 6) is 0.235. The second-order valence-corrected chi connectivity index (χ2v) is 10.0. The molecule has 0 saturated heterocycles. The molecule has 6 rings (SSSR count). The zero-order chi connectivity index (χ0) is 25.1. The summed E-state index contributed by atoms with van der Waals surface area (Å²) in [4.78, 5) is 26.8. The van der Waals surface area contributed by atoms with Crippen LogP contribution >= 0.6 is 11.6 Å². The Morgan fingerprint density at radius 3 is 2.42 bits per heavy atom. The molecule has 7 nitrogen and oxygen atoms in total. The van der Waals surface area contributed by atoms with Crippen molar-refractivity contribution in [3.8, 4) is 17.6 Å². The molecule has 1 unspecified atom stereocenters. The van der Waals surface area contributed by atoms with Crippen molar-refractivity contribution in [2.45, 2.75) is 56.5 Å². The molecule has 2 aromatic carbocycles. The summed E-state index contributed by atoms with van der Waals surface area (Å²) in [5.41, 5.74) is 2.66. The first-order valence-corrected chi connectivity index (χ1v) is 12.7. The fourth-order valence-corrected chi connectivity index (χ4v) is 4.91. The van der Waals surface area contributed by atoms with E-state index in [0.717, 1.165) is 36.8 Å². The van der Waals surface area contributed by atoms with Gasteiger partial charge in [-0.25, -0.2) is 0 Å². The monoisotopic (exact) mass is 505 g/mol. The first-order valence-electron chi connectivity index (χ1n) is 12.4. The molecule has 8 heteroatoms. The Morgan fingerprint density at radius 1 is 1.06 bits per heavy atom. The highest BCUT2D eigenvalue weighted by Gasteiger charge is 2.45. The van der Waals surface area contributed by atoms with E-state index < -0.39 is 17.5 Å². The molecule has 36 heavy (non-hydrogen) atoms. The maximum atomic E-state index is 13.6. The van der Waals surface area contributed by atoms with Crippen LogP contribution in [0.2, 0.25) is 5.02 Å². The van der Waals surface area contributed by atoms with Crippen molar-refractivity contribution in [2.24, 2.45) is 0 Å². The SMILES string of the molecule is N#CC1(NC(=O)C2Cc3ccc(c(Cl)c3)OCC=CCOc3cc4c(cc3C(=O)N2)CCCC4)CC1. The molecule has 2 heterocycles. The van der Waals surface area contributed by atoms with Crippen molar-refractivity contribution in [3.05, 3.63) is 69.8 Å². The Labute approximate surface area is 215 Å². The minimum atomic E-state index is -0.900. The number of ether oxygens (including phenoxy) is 2. The van der Waals surface area contributed by atoms with Crippen LogP contribution in [0.15, 0.2) is 42.5 Å². The van der Waals surface area contributed by atoms with Gasteiger partial charge in [0.05, 0.1) is 16.7 Å². The Bertz CT molecular complexity index is 1260. The molecule has 2 N–H and O–H groups in total. The third-order valence-electron chi connectivity index (χ3n) is 6.91. The zero-order valence-corrected chi connectivity index (χ0v) is 20.7. The van der Waals surface area contributed by atoms with Crippen molar-refractivity contribution in [1.82, 2.24) is 10.6 Å². The van der Waals surface area contributed by atoms with Gasteiger partial charge in [-0.15, -0.1) is 0 Å². The van der Waals surface area contributed by atoms with Crippen LogP contribution in [0.25, 0.3) is 0 Å². The third kappa shape index (κ3) is 5.34. The number of nitrogens with zero attached hydrogens (tertiary/aromatic N) is 1. The van der Waals surface area contributed by atoms with Crippen LogP contribution < -0.4 is 20.1 Å². The quantitative estimate of drug-likeness (QED) is 0.599. The molecule has 2 aliphatic carbocycles. The lowest BCUT2D eigenvalue weighted by Crippen LogP contribution is -2.51. The summed E-state index contributed by atoms with van der Waals surface area (Å²) in [6.07, 6.45) is 9.14. The van der Waals surface area contributed by atoms with E-state index in [2.05, 4.69) is 16.7 Å². The third-order valence-corrected chi connectivity index (χ3v) is 7.21. The fourth-order valence-electron chi connectivity index (χ4n) is 4.65. The number of hydrogen-bond acceptors (Lipinski definition) is 5. The van der Waals surface area contributed by atoms with Gasteiger partial charge >= 0.3 is 0 Å². The Hall–Kier alpha value is -3.50. The molecule has 186 valence electrons. The van der Waals surface area contributed by atoms with E-state index in [4.69, 9.17) is 21.1 Å². The number of nitrogens with one attached hydrogen (secondary N) is 2. The van der Waals surface area contributed by atoms with Gasteiger partial charge in [0.15, 0.2) is 0 Å². The Morgan fingerprint density at radius 2 is 1.75 bits per heavy atom. The van der Waals surface area contributed by atoms with E-state index in [1.807, 2.05) is 30.4 Å². The molecule has 0 aromatic heterocycles. The number of amides is 2. The molecular weight excluding hydrogens is 478 g/mol. The standard InChI is InChI=1S/C28H28ClN3O4/c29-22-13-18-7-8-24(22)35-11-3-4-12-36-25-16-20-6-2-1-5-19(20)15-21(25)26(33)31-23(14-18)27(34)32-28(17-30)9-10-28/h3-4,7-8,13,15-16,23H,1-2,5-6,9-12,14H2,(H,31,33)(H,32,34). The first kappa shape index (κ1) is 24.2. The van der Waals surface area contributed by atoms with Crippen molar-refractivity contribution in [1.29, 1.82) is 5.26 Å². The van der Waals surface area contributed by atoms with E-state index in [1.165, 1.54) is 5.56 Å². The first-order chi connectivity index (χ1) is 17.5. The van der Waals surface area contributed by atoms with Gasteiger partial charge in [-0.1, -0.05) is 17.7 Å². The van der Waals surface area contributed by atoms with E-state index >= 15 is 0 Å². The van der Waals surface area contributed by atoms with Crippen LogP contribution in [0.5, 0.6) is 11.5 Å². The lowest BCUT2D eigenvalue weighted by molar-refractivity contribution is -0.123. The molecule has 2 bridgehead atoms. The number of rotatable bonds is 2. The highest BCUT2D eigenvalue weighted by molar-refractivity contribution is 6.32. The molecule has 4 aliphatic rings. The number of fused-ring (bicyclic) bond motifs is 10. The normalized spacial score (nSPS) is 20.6. The summed E-state index contributed by atoms with van der Waals surface area (Å²) in [7, 11) is 0. The number of hydrogen-bond donors (Lipinski definition) is 2. The Kier molecular flexibility index (Phi) is 6.88. The largest absolute Gasteiger partial charge is 0.489 e. The van der Waals surface area contributed by atoms with Gasteiger partial charge in [0.2, 0.25) is 5.91 Å². The predicted molar refractivity (Wildman–Crippen MR) is 135 cm³/mol. The number of nitriles is 1. The van der Waals surface area contributed by atoms with Crippen LogP contribution in [-0.2, 0) is 24.1 Å². The van der Waals surface area contributed by atoms with Crippen LogP contribution in [0, 0.1) is 11.3 Å². The maximum absolute atomic E-state index is 13.6. The zero-order valence-electron chi connectivity index (χ0n) is 19.9. The Balaban J connectivity index is 1.49. The number of carbonyl (C=O) groups excluding carboxylic acids is 2. The van der Waals surface area contributed by atoms with Gasteiger partial charge in [-0.05, 0) is 91.6 Å². The van der Waals surface area contributed by atoms with Gasteiger partial charge in [-0.3, -0.25) is 9.59 Å². The number of halogens is 1. The molecule has 1 atom stereocenters. The lowest BCUT2D eigenvalue weighted by atomic mass is 9.89. The smallest absolute Gasteiger partial charge is 0.255 e. The maximum Gasteiger partial charge on any atom is 0.255 e. The van der Waals surface area contributed by atoms with Crippen LogP contribution in [-0.4, -0.2) is 36.6 Å². The number of aryl methyl sites for hydroxylation is 2. The van der Waals surface area contributed by atoms with Gasteiger partial charge in [0.25, 0.3) is 5.91 Å². The van der Waals surface area contributed by atoms with E-state index in [1.54, 1.807) is 12.1 Å². The fraction of sp³-hybridized carbons (Fsp3) is 0.393. The van der Waals surface area contributed by atoms with Gasteiger partial charge < -0.3 is 20.1 Å². The highest BCUT2D eigenvalue weighted by Crippen LogP contribution is 2.35. The number of benzene rings is 2. The van der Waals surface area contributed by atoms with Crippen LogP contribution in [0.3, 0.4) is 0 Å². The summed E-state index contributed by atoms with van der Waals surface area (Å²) < 4.78 is 11.8.